The highest BCUT2D eigenvalue weighted by Crippen LogP contribution is 2.21. The molecule has 138 valence electrons. The topological polar surface area (TPSA) is 44.8 Å². The number of benzene rings is 2. The van der Waals surface area contributed by atoms with Gasteiger partial charge in [-0.05, 0) is 56.0 Å². The van der Waals surface area contributed by atoms with Crippen LogP contribution in [0, 0.1) is 0 Å². The van der Waals surface area contributed by atoms with Gasteiger partial charge in [0.05, 0.1) is 6.61 Å². The van der Waals surface area contributed by atoms with Crippen LogP contribution in [0.25, 0.3) is 6.08 Å². The van der Waals surface area contributed by atoms with Gasteiger partial charge in [-0.2, -0.15) is 0 Å². The van der Waals surface area contributed by atoms with Crippen LogP contribution in [0.15, 0.2) is 60.7 Å². The van der Waals surface area contributed by atoms with Crippen molar-refractivity contribution in [3.63, 3.8) is 0 Å². The van der Waals surface area contributed by atoms with Crippen LogP contribution in [0.4, 0.5) is 0 Å². The van der Waals surface area contributed by atoms with Crippen LogP contribution in [-0.2, 0) is 14.3 Å². The molecule has 0 bridgehead atoms. The van der Waals surface area contributed by atoms with Crippen molar-refractivity contribution in [1.82, 2.24) is 0 Å². The molecule has 0 heterocycles. The summed E-state index contributed by atoms with van der Waals surface area (Å²) in [6, 6.07) is 17.8. The summed E-state index contributed by atoms with van der Waals surface area (Å²) in [6.45, 7) is 2.81. The molecule has 0 radical (unpaired) electrons. The van der Waals surface area contributed by atoms with Crippen LogP contribution in [0.1, 0.15) is 31.7 Å². The van der Waals surface area contributed by atoms with E-state index in [-0.39, 0.29) is 12.6 Å². The Kier molecular flexibility index (Phi) is 9.01. The zero-order chi connectivity index (χ0) is 18.5. The minimum Gasteiger partial charge on any atom is -0.464 e. The van der Waals surface area contributed by atoms with Crippen molar-refractivity contribution in [1.29, 1.82) is 0 Å². The van der Waals surface area contributed by atoms with Crippen LogP contribution in [0.2, 0.25) is 0 Å². The molecule has 0 amide bonds. The van der Waals surface area contributed by atoms with Crippen molar-refractivity contribution in [2.45, 2.75) is 26.2 Å². The molecule has 0 N–H and O–H groups in total. The highest BCUT2D eigenvalue weighted by Gasteiger charge is 2.00. The number of hydrogen-bond acceptors (Lipinski definition) is 4. The minimum absolute atomic E-state index is 0.0427. The molecule has 0 aromatic heterocycles. The van der Waals surface area contributed by atoms with Crippen LogP contribution in [-0.4, -0.2) is 25.8 Å². The summed E-state index contributed by atoms with van der Waals surface area (Å²) in [5.74, 6) is 1.36. The smallest absolute Gasteiger partial charge is 0.332 e. The fourth-order valence-electron chi connectivity index (χ4n) is 2.32. The quantitative estimate of drug-likeness (QED) is 0.409. The molecule has 0 fully saturated rings. The van der Waals surface area contributed by atoms with Gasteiger partial charge in [0, 0.05) is 6.61 Å². The average Bonchev–Trinajstić information content (AvgIpc) is 2.66. The third kappa shape index (κ3) is 7.99. The molecule has 2 aromatic rings. The standard InChI is InChI=1S/C22H26O4/c1-2-25-22(23)18-24-17-9-4-3-6-10-19-13-15-21(16-14-19)26-20-11-7-5-8-12-20/h5-8,10-16H,2-4,9,17-18H2,1H3/b10-6+. The number of carbonyl (C=O) groups is 1. The molecule has 26 heavy (non-hydrogen) atoms. The Balaban J connectivity index is 1.60. The summed E-state index contributed by atoms with van der Waals surface area (Å²) < 4.78 is 15.8. The van der Waals surface area contributed by atoms with Gasteiger partial charge in [-0.3, -0.25) is 0 Å². The van der Waals surface area contributed by atoms with Gasteiger partial charge in [0.15, 0.2) is 0 Å². The molecule has 0 spiro atoms. The first-order valence-electron chi connectivity index (χ1n) is 9.01. The maximum atomic E-state index is 11.1. The van der Waals surface area contributed by atoms with E-state index in [2.05, 4.69) is 12.2 Å². The Hall–Kier alpha value is -2.59. The summed E-state index contributed by atoms with van der Waals surface area (Å²) in [5, 5.41) is 0. The lowest BCUT2D eigenvalue weighted by Crippen LogP contribution is -2.12. The summed E-state index contributed by atoms with van der Waals surface area (Å²) in [7, 11) is 0. The lowest BCUT2D eigenvalue weighted by Gasteiger charge is -2.05. The number of para-hydroxylation sites is 1. The lowest BCUT2D eigenvalue weighted by molar-refractivity contribution is -0.148. The Bertz CT molecular complexity index is 662. The second-order valence-electron chi connectivity index (χ2n) is 5.74. The Morgan fingerprint density at radius 3 is 2.42 bits per heavy atom. The van der Waals surface area contributed by atoms with Crippen molar-refractivity contribution in [2.75, 3.05) is 19.8 Å². The van der Waals surface area contributed by atoms with E-state index >= 15 is 0 Å². The molecule has 0 aliphatic rings. The lowest BCUT2D eigenvalue weighted by atomic mass is 10.1. The van der Waals surface area contributed by atoms with Crippen molar-refractivity contribution in [2.24, 2.45) is 0 Å². The third-order valence-electron chi connectivity index (χ3n) is 3.60. The van der Waals surface area contributed by atoms with E-state index < -0.39 is 0 Å². The molecular weight excluding hydrogens is 328 g/mol. The van der Waals surface area contributed by atoms with Crippen molar-refractivity contribution < 1.29 is 19.0 Å². The fraction of sp³-hybridized carbons (Fsp3) is 0.318. The number of rotatable bonds is 11. The Morgan fingerprint density at radius 1 is 0.962 bits per heavy atom. The first kappa shape index (κ1) is 19.7. The maximum absolute atomic E-state index is 11.1. The van der Waals surface area contributed by atoms with Crippen LogP contribution in [0.5, 0.6) is 11.5 Å². The minimum atomic E-state index is -0.299. The number of ether oxygens (including phenoxy) is 3. The molecule has 0 unspecified atom stereocenters. The van der Waals surface area contributed by atoms with Gasteiger partial charge >= 0.3 is 5.97 Å². The van der Waals surface area contributed by atoms with Gasteiger partial charge in [-0.1, -0.05) is 42.5 Å². The molecule has 0 aliphatic carbocycles. The van der Waals surface area contributed by atoms with Gasteiger partial charge < -0.3 is 14.2 Å². The van der Waals surface area contributed by atoms with E-state index in [0.717, 1.165) is 36.3 Å². The average molecular weight is 354 g/mol. The second-order valence-corrected chi connectivity index (χ2v) is 5.74. The van der Waals surface area contributed by atoms with Gasteiger partial charge in [-0.25, -0.2) is 4.79 Å². The van der Waals surface area contributed by atoms with E-state index in [0.29, 0.717) is 13.2 Å². The second kappa shape index (κ2) is 11.9. The summed E-state index contributed by atoms with van der Waals surface area (Å²) in [5.41, 5.74) is 1.14. The fourth-order valence-corrected chi connectivity index (χ4v) is 2.32. The Morgan fingerprint density at radius 2 is 1.69 bits per heavy atom. The van der Waals surface area contributed by atoms with E-state index in [4.69, 9.17) is 14.2 Å². The summed E-state index contributed by atoms with van der Waals surface area (Å²) in [4.78, 5) is 11.1. The number of unbranched alkanes of at least 4 members (excludes halogenated alkanes) is 2. The normalized spacial score (nSPS) is 10.8. The molecule has 2 rings (SSSR count). The molecule has 4 heteroatoms. The molecular formula is C22H26O4. The van der Waals surface area contributed by atoms with Gasteiger partial charge in [-0.15, -0.1) is 0 Å². The van der Waals surface area contributed by atoms with Crippen LogP contribution >= 0.6 is 0 Å². The zero-order valence-electron chi connectivity index (χ0n) is 15.2. The number of allylic oxidation sites excluding steroid dienone is 1. The highest BCUT2D eigenvalue weighted by molar-refractivity contribution is 5.70. The first-order chi connectivity index (χ1) is 12.8. The third-order valence-corrected chi connectivity index (χ3v) is 3.60. The van der Waals surface area contributed by atoms with Crippen molar-refractivity contribution in [3.8, 4) is 11.5 Å². The molecule has 4 nitrogen and oxygen atoms in total. The monoisotopic (exact) mass is 354 g/mol. The summed E-state index contributed by atoms with van der Waals surface area (Å²) in [6.07, 6.45) is 7.18. The zero-order valence-corrected chi connectivity index (χ0v) is 15.2. The molecule has 2 aromatic carbocycles. The number of carbonyl (C=O) groups excluding carboxylic acids is 1. The van der Waals surface area contributed by atoms with E-state index in [1.807, 2.05) is 54.6 Å². The van der Waals surface area contributed by atoms with Gasteiger partial charge in [0.25, 0.3) is 0 Å². The summed E-state index contributed by atoms with van der Waals surface area (Å²) >= 11 is 0. The Labute approximate surface area is 155 Å². The van der Waals surface area contributed by atoms with E-state index in [9.17, 15) is 4.79 Å². The van der Waals surface area contributed by atoms with Crippen LogP contribution in [0.3, 0.4) is 0 Å². The SMILES string of the molecule is CCOC(=O)COCCCC/C=C/c1ccc(Oc2ccccc2)cc1. The number of hydrogen-bond donors (Lipinski definition) is 0. The maximum Gasteiger partial charge on any atom is 0.332 e. The first-order valence-corrected chi connectivity index (χ1v) is 9.01. The predicted molar refractivity (Wildman–Crippen MR) is 103 cm³/mol. The van der Waals surface area contributed by atoms with Crippen molar-refractivity contribution >= 4 is 12.0 Å². The van der Waals surface area contributed by atoms with Crippen LogP contribution < -0.4 is 4.74 Å². The van der Waals surface area contributed by atoms with Gasteiger partial charge in [0.1, 0.15) is 18.1 Å². The molecule has 0 saturated carbocycles. The largest absolute Gasteiger partial charge is 0.464 e. The highest BCUT2D eigenvalue weighted by atomic mass is 16.6. The van der Waals surface area contributed by atoms with Gasteiger partial charge in [0.2, 0.25) is 0 Å². The van der Waals surface area contributed by atoms with Crippen molar-refractivity contribution in [3.05, 3.63) is 66.2 Å². The van der Waals surface area contributed by atoms with E-state index in [1.165, 1.54) is 0 Å². The molecule has 0 atom stereocenters. The molecule has 0 aliphatic heterocycles. The van der Waals surface area contributed by atoms with E-state index in [1.54, 1.807) is 6.92 Å². The predicted octanol–water partition coefficient (Wildman–Crippen LogP) is 5.24. The molecule has 0 saturated heterocycles. The number of esters is 1.